The molecule has 160 valence electrons. The second-order valence-electron chi connectivity index (χ2n) is 8.14. The van der Waals surface area contributed by atoms with Gasteiger partial charge in [0.15, 0.2) is 11.4 Å². The Balaban J connectivity index is 1.29. The molecule has 2 aliphatic rings. The summed E-state index contributed by atoms with van der Waals surface area (Å²) in [5.41, 5.74) is 1.26. The third kappa shape index (κ3) is 3.39. The number of carbonyl (C=O) groups excluding carboxylic acids is 2. The van der Waals surface area contributed by atoms with Gasteiger partial charge < -0.3 is 9.64 Å². The van der Waals surface area contributed by atoms with Gasteiger partial charge in [-0.25, -0.2) is 13.9 Å². The van der Waals surface area contributed by atoms with Crippen molar-refractivity contribution in [1.29, 1.82) is 0 Å². The van der Waals surface area contributed by atoms with Crippen molar-refractivity contribution in [2.45, 2.75) is 32.3 Å². The number of amides is 1. The van der Waals surface area contributed by atoms with E-state index in [1.54, 1.807) is 11.8 Å². The van der Waals surface area contributed by atoms with Gasteiger partial charge >= 0.3 is 0 Å². The van der Waals surface area contributed by atoms with Crippen LogP contribution in [0.15, 0.2) is 35.3 Å². The zero-order valence-corrected chi connectivity index (χ0v) is 16.9. The number of ketones is 1. The number of aryl methyl sites for hydroxylation is 1. The Hall–Kier alpha value is -3.49. The number of aromatic nitrogens is 3. The Morgan fingerprint density at radius 3 is 2.77 bits per heavy atom. The van der Waals surface area contributed by atoms with Crippen LogP contribution in [0.25, 0.3) is 5.65 Å². The number of carbonyl (C=O) groups is 2. The van der Waals surface area contributed by atoms with Gasteiger partial charge in [0.25, 0.3) is 11.5 Å². The summed E-state index contributed by atoms with van der Waals surface area (Å²) in [6.07, 6.45) is 2.82. The molecule has 9 heteroatoms. The van der Waals surface area contributed by atoms with Gasteiger partial charge in [-0.1, -0.05) is 0 Å². The minimum Gasteiger partial charge on any atom is -0.489 e. The first kappa shape index (κ1) is 19.5. The van der Waals surface area contributed by atoms with Crippen molar-refractivity contribution in [3.05, 3.63) is 63.5 Å². The van der Waals surface area contributed by atoms with Crippen LogP contribution in [-0.4, -0.2) is 50.4 Å². The number of hydrogen-bond acceptors (Lipinski definition) is 5. The molecule has 1 N–H and O–H groups in total. The van der Waals surface area contributed by atoms with Crippen molar-refractivity contribution in [3.8, 4) is 5.75 Å². The van der Waals surface area contributed by atoms with E-state index in [9.17, 15) is 18.8 Å². The molecule has 31 heavy (non-hydrogen) atoms. The summed E-state index contributed by atoms with van der Waals surface area (Å²) in [5.74, 6) is -0.208. The Morgan fingerprint density at radius 2 is 2.00 bits per heavy atom. The molecule has 1 atom stereocenters. The molecule has 1 amide bonds. The number of H-pyrrole nitrogens is 1. The van der Waals surface area contributed by atoms with Gasteiger partial charge in [0.05, 0.1) is 5.56 Å². The number of hydrogen-bond donors (Lipinski definition) is 1. The molecule has 0 aliphatic carbocycles. The molecule has 1 unspecified atom stereocenters. The SMILES string of the molecule is Cc1cc(=O)n2[nH]cc(C(=O)N3CCC(C4CC(=O)c5cc(F)ccc5O4)CC3)c2n1. The highest BCUT2D eigenvalue weighted by atomic mass is 19.1. The van der Waals surface area contributed by atoms with Crippen molar-refractivity contribution < 1.29 is 18.7 Å². The van der Waals surface area contributed by atoms with Crippen LogP contribution in [0.2, 0.25) is 0 Å². The Bertz CT molecular complexity index is 1260. The third-order valence-electron chi connectivity index (χ3n) is 6.12. The van der Waals surface area contributed by atoms with Crippen LogP contribution in [0.3, 0.4) is 0 Å². The first-order chi connectivity index (χ1) is 14.9. The topological polar surface area (TPSA) is 96.8 Å². The number of nitrogens with zero attached hydrogens (tertiary/aromatic N) is 3. The smallest absolute Gasteiger partial charge is 0.272 e. The fraction of sp³-hybridized carbons (Fsp3) is 0.364. The number of fused-ring (bicyclic) bond motifs is 2. The lowest BCUT2D eigenvalue weighted by Crippen LogP contribution is -2.44. The van der Waals surface area contributed by atoms with Crippen molar-refractivity contribution in [2.75, 3.05) is 13.1 Å². The molecule has 1 aromatic carbocycles. The second-order valence-corrected chi connectivity index (χ2v) is 8.14. The number of nitrogens with one attached hydrogen (secondary N) is 1. The van der Waals surface area contributed by atoms with Crippen molar-refractivity contribution >= 4 is 17.3 Å². The Labute approximate surface area is 176 Å². The van der Waals surface area contributed by atoms with Gasteiger partial charge in [-0.3, -0.25) is 19.5 Å². The average molecular weight is 424 g/mol. The summed E-state index contributed by atoms with van der Waals surface area (Å²) in [7, 11) is 0. The minimum absolute atomic E-state index is 0.116. The van der Waals surface area contributed by atoms with Crippen LogP contribution < -0.4 is 10.3 Å². The molecule has 2 aliphatic heterocycles. The lowest BCUT2D eigenvalue weighted by molar-refractivity contribution is 0.0452. The fourth-order valence-corrected chi connectivity index (χ4v) is 4.48. The molecule has 0 saturated carbocycles. The zero-order valence-electron chi connectivity index (χ0n) is 16.9. The Morgan fingerprint density at radius 1 is 1.23 bits per heavy atom. The molecule has 8 nitrogen and oxygen atoms in total. The maximum Gasteiger partial charge on any atom is 0.272 e. The highest BCUT2D eigenvalue weighted by molar-refractivity contribution is 6.00. The highest BCUT2D eigenvalue weighted by Gasteiger charge is 2.36. The maximum absolute atomic E-state index is 13.4. The number of ether oxygens (including phenoxy) is 1. The zero-order chi connectivity index (χ0) is 21.7. The monoisotopic (exact) mass is 424 g/mol. The number of piperidine rings is 1. The van der Waals surface area contributed by atoms with Gasteiger partial charge in [-0.2, -0.15) is 0 Å². The van der Waals surface area contributed by atoms with Gasteiger partial charge in [0.2, 0.25) is 0 Å². The van der Waals surface area contributed by atoms with Crippen LogP contribution >= 0.6 is 0 Å². The molecule has 1 saturated heterocycles. The summed E-state index contributed by atoms with van der Waals surface area (Å²) in [6, 6.07) is 5.41. The number of likely N-dealkylation sites (tertiary alicyclic amines) is 1. The molecular weight excluding hydrogens is 403 g/mol. The number of aromatic amines is 1. The molecule has 0 radical (unpaired) electrons. The fourth-order valence-electron chi connectivity index (χ4n) is 4.48. The lowest BCUT2D eigenvalue weighted by Gasteiger charge is -2.37. The molecule has 2 aromatic heterocycles. The van der Waals surface area contributed by atoms with E-state index in [1.165, 1.54) is 35.0 Å². The molecule has 0 spiro atoms. The van der Waals surface area contributed by atoms with Crippen LogP contribution in [-0.2, 0) is 0 Å². The van der Waals surface area contributed by atoms with Crippen LogP contribution in [0.5, 0.6) is 5.75 Å². The van der Waals surface area contributed by atoms with E-state index in [4.69, 9.17) is 4.74 Å². The molecule has 3 aromatic rings. The number of rotatable bonds is 2. The Kier molecular flexibility index (Phi) is 4.60. The van der Waals surface area contributed by atoms with E-state index in [2.05, 4.69) is 10.1 Å². The van der Waals surface area contributed by atoms with Crippen LogP contribution in [0.1, 0.15) is 45.7 Å². The van der Waals surface area contributed by atoms with Crippen molar-refractivity contribution in [2.24, 2.45) is 5.92 Å². The first-order valence-electron chi connectivity index (χ1n) is 10.3. The molecule has 1 fully saturated rings. The van der Waals surface area contributed by atoms with Gasteiger partial charge in [0, 0.05) is 37.5 Å². The van der Waals surface area contributed by atoms with Gasteiger partial charge in [-0.05, 0) is 43.9 Å². The summed E-state index contributed by atoms with van der Waals surface area (Å²) in [4.78, 5) is 43.6. The van der Waals surface area contributed by atoms with Crippen molar-refractivity contribution in [3.63, 3.8) is 0 Å². The molecule has 4 heterocycles. The highest BCUT2D eigenvalue weighted by Crippen LogP contribution is 2.34. The summed E-state index contributed by atoms with van der Waals surface area (Å²) >= 11 is 0. The van der Waals surface area contributed by atoms with E-state index < -0.39 is 5.82 Å². The average Bonchev–Trinajstić information content (AvgIpc) is 3.18. The molecular formula is C22H21FN4O4. The normalized spacial score (nSPS) is 19.4. The molecule has 0 bridgehead atoms. The van der Waals surface area contributed by atoms with Crippen LogP contribution in [0, 0.1) is 18.7 Å². The first-order valence-corrected chi connectivity index (χ1v) is 10.3. The van der Waals surface area contributed by atoms with E-state index in [0.29, 0.717) is 54.1 Å². The molecule has 5 rings (SSSR count). The maximum atomic E-state index is 13.4. The van der Waals surface area contributed by atoms with Gasteiger partial charge in [-0.15, -0.1) is 0 Å². The number of halogens is 1. The van der Waals surface area contributed by atoms with E-state index >= 15 is 0 Å². The standard InChI is InChI=1S/C22H21FN4O4/c1-12-8-20(29)27-21(25-12)16(11-24-27)22(30)26-6-4-13(5-7-26)19-10-17(28)15-9-14(23)2-3-18(15)31-19/h2-3,8-9,11,13,19,24H,4-7,10H2,1H3. The summed E-state index contributed by atoms with van der Waals surface area (Å²) in [6.45, 7) is 2.74. The summed E-state index contributed by atoms with van der Waals surface area (Å²) in [5, 5.41) is 2.79. The predicted octanol–water partition coefficient (Wildman–Crippen LogP) is 2.36. The van der Waals surface area contributed by atoms with Gasteiger partial charge in [0.1, 0.15) is 23.2 Å². The largest absolute Gasteiger partial charge is 0.489 e. The van der Waals surface area contributed by atoms with Crippen molar-refractivity contribution in [1.82, 2.24) is 19.5 Å². The predicted molar refractivity (Wildman–Crippen MR) is 109 cm³/mol. The van der Waals surface area contributed by atoms with E-state index in [1.807, 2.05) is 0 Å². The quantitative estimate of drug-likeness (QED) is 0.681. The number of Topliss-reactive ketones (excluding diaryl/α,β-unsaturated/α-hetero) is 1. The van der Waals surface area contributed by atoms with Crippen LogP contribution in [0.4, 0.5) is 4.39 Å². The lowest BCUT2D eigenvalue weighted by atomic mass is 9.86. The third-order valence-corrected chi connectivity index (χ3v) is 6.12. The second kappa shape index (κ2) is 7.33. The minimum atomic E-state index is -0.454. The summed E-state index contributed by atoms with van der Waals surface area (Å²) < 4.78 is 20.7. The van der Waals surface area contributed by atoms with E-state index in [-0.39, 0.29) is 35.7 Å². The number of benzene rings is 1. The van der Waals surface area contributed by atoms with E-state index in [0.717, 1.165) is 0 Å².